The van der Waals surface area contributed by atoms with E-state index in [4.69, 9.17) is 20.2 Å². The van der Waals surface area contributed by atoms with E-state index in [1.807, 2.05) is 0 Å². The maximum absolute atomic E-state index is 11.6. The second-order valence-corrected chi connectivity index (χ2v) is 6.87. The van der Waals surface area contributed by atoms with Crippen molar-refractivity contribution in [2.75, 3.05) is 20.3 Å². The number of hydrogen-bond donors (Lipinski definition) is 0. The molecule has 0 N–H and O–H groups in total. The Morgan fingerprint density at radius 1 is 1.29 bits per heavy atom. The summed E-state index contributed by atoms with van der Waals surface area (Å²) in [4.78, 5) is 9.72. The van der Waals surface area contributed by atoms with E-state index in [1.165, 1.54) is 13.0 Å². The van der Waals surface area contributed by atoms with Crippen LogP contribution in [0, 0.1) is 17.0 Å². The van der Waals surface area contributed by atoms with Crippen molar-refractivity contribution in [3.8, 4) is 5.75 Å². The van der Waals surface area contributed by atoms with Crippen LogP contribution in [0.25, 0.3) is 0 Å². The van der Waals surface area contributed by atoms with Crippen LogP contribution in [0.2, 0.25) is 0 Å². The standard InChI is InChI=1S/C12H16ClNO6S/c1-9-7-10(14(15)16)8-11(21(13,17)18)12(9)20-6-4-3-5-19-2/h7-8H,3-6H2,1-2H3. The molecule has 0 radical (unpaired) electrons. The number of nitrogens with zero attached hydrogens (tertiary/aromatic N) is 1. The number of hydrogen-bond acceptors (Lipinski definition) is 6. The first-order chi connectivity index (χ1) is 9.77. The Labute approximate surface area is 127 Å². The maximum atomic E-state index is 11.6. The summed E-state index contributed by atoms with van der Waals surface area (Å²) < 4.78 is 33.4. The van der Waals surface area contributed by atoms with Crippen molar-refractivity contribution in [1.82, 2.24) is 0 Å². The molecule has 0 saturated carbocycles. The fraction of sp³-hybridized carbons (Fsp3) is 0.500. The minimum atomic E-state index is -4.14. The molecule has 7 nitrogen and oxygen atoms in total. The summed E-state index contributed by atoms with van der Waals surface area (Å²) in [5.41, 5.74) is -0.00590. The van der Waals surface area contributed by atoms with Crippen molar-refractivity contribution >= 4 is 25.4 Å². The molecule has 21 heavy (non-hydrogen) atoms. The number of benzene rings is 1. The summed E-state index contributed by atoms with van der Waals surface area (Å²) in [5, 5.41) is 10.8. The van der Waals surface area contributed by atoms with Crippen LogP contribution in [0.15, 0.2) is 17.0 Å². The first-order valence-electron chi connectivity index (χ1n) is 6.12. The number of ether oxygens (including phenoxy) is 2. The van der Waals surface area contributed by atoms with Crippen LogP contribution in [0.3, 0.4) is 0 Å². The molecule has 0 bridgehead atoms. The number of aryl methyl sites for hydroxylation is 1. The zero-order valence-electron chi connectivity index (χ0n) is 11.7. The summed E-state index contributed by atoms with van der Waals surface area (Å²) in [6.07, 6.45) is 1.41. The number of rotatable bonds is 8. The van der Waals surface area contributed by atoms with Gasteiger partial charge in [-0.25, -0.2) is 8.42 Å². The van der Waals surface area contributed by atoms with Crippen molar-refractivity contribution in [3.63, 3.8) is 0 Å². The fourth-order valence-electron chi connectivity index (χ4n) is 1.72. The van der Waals surface area contributed by atoms with E-state index in [1.54, 1.807) is 7.11 Å². The lowest BCUT2D eigenvalue weighted by Gasteiger charge is -2.12. The van der Waals surface area contributed by atoms with Gasteiger partial charge in [-0.3, -0.25) is 10.1 Å². The highest BCUT2D eigenvalue weighted by atomic mass is 35.7. The van der Waals surface area contributed by atoms with Crippen LogP contribution in [0.4, 0.5) is 5.69 Å². The Hall–Kier alpha value is -1.38. The summed E-state index contributed by atoms with van der Waals surface area (Å²) in [6, 6.07) is 2.15. The van der Waals surface area contributed by atoms with Crippen LogP contribution < -0.4 is 4.74 Å². The van der Waals surface area contributed by atoms with Crippen LogP contribution in [-0.4, -0.2) is 33.7 Å². The van der Waals surface area contributed by atoms with E-state index < -0.39 is 14.0 Å². The molecule has 0 fully saturated rings. The summed E-state index contributed by atoms with van der Waals surface area (Å²) in [6.45, 7) is 2.37. The molecule has 0 saturated heterocycles. The minimum absolute atomic E-state index is 0.0491. The predicted octanol–water partition coefficient (Wildman–Crippen LogP) is 2.64. The summed E-state index contributed by atoms with van der Waals surface area (Å²) >= 11 is 0. The molecule has 9 heteroatoms. The van der Waals surface area contributed by atoms with Crippen LogP contribution >= 0.6 is 10.7 Å². The highest BCUT2D eigenvalue weighted by molar-refractivity contribution is 8.13. The number of nitro benzene ring substituents is 1. The molecule has 0 aliphatic rings. The van der Waals surface area contributed by atoms with E-state index in [-0.39, 0.29) is 22.9 Å². The van der Waals surface area contributed by atoms with Gasteiger partial charge in [-0.1, -0.05) is 0 Å². The molecule has 1 aromatic rings. The van der Waals surface area contributed by atoms with E-state index in [0.717, 1.165) is 12.5 Å². The molecule has 0 heterocycles. The molecule has 0 aliphatic heterocycles. The van der Waals surface area contributed by atoms with Crippen molar-refractivity contribution in [2.24, 2.45) is 0 Å². The second-order valence-electron chi connectivity index (χ2n) is 4.33. The van der Waals surface area contributed by atoms with Gasteiger partial charge >= 0.3 is 0 Å². The average Bonchev–Trinajstić information content (AvgIpc) is 2.38. The van der Waals surface area contributed by atoms with Gasteiger partial charge in [0.1, 0.15) is 10.6 Å². The van der Waals surface area contributed by atoms with Gasteiger partial charge in [0.2, 0.25) is 0 Å². The third kappa shape index (κ3) is 5.14. The zero-order valence-corrected chi connectivity index (χ0v) is 13.2. The largest absolute Gasteiger partial charge is 0.492 e. The zero-order chi connectivity index (χ0) is 16.0. The third-order valence-corrected chi connectivity index (χ3v) is 4.02. The van der Waals surface area contributed by atoms with Gasteiger partial charge < -0.3 is 9.47 Å². The number of methoxy groups -OCH3 is 1. The van der Waals surface area contributed by atoms with Gasteiger partial charge in [0, 0.05) is 36.5 Å². The summed E-state index contributed by atoms with van der Waals surface area (Å²) in [5.74, 6) is 0.0491. The smallest absolute Gasteiger partial charge is 0.271 e. The molecule has 0 aromatic heterocycles. The van der Waals surface area contributed by atoms with Crippen LogP contribution in [-0.2, 0) is 13.8 Å². The molecule has 0 amide bonds. The van der Waals surface area contributed by atoms with Crippen molar-refractivity contribution in [1.29, 1.82) is 0 Å². The van der Waals surface area contributed by atoms with Gasteiger partial charge in [-0.2, -0.15) is 0 Å². The quantitative estimate of drug-likeness (QED) is 0.313. The molecular weight excluding hydrogens is 322 g/mol. The Balaban J connectivity index is 3.04. The SMILES string of the molecule is COCCCCOc1c(C)cc([N+](=O)[O-])cc1S(=O)(=O)Cl. The number of non-ortho nitro benzene ring substituents is 1. The lowest BCUT2D eigenvalue weighted by Crippen LogP contribution is -2.06. The van der Waals surface area contributed by atoms with E-state index in [0.29, 0.717) is 18.6 Å². The van der Waals surface area contributed by atoms with Crippen LogP contribution in [0.5, 0.6) is 5.75 Å². The highest BCUT2D eigenvalue weighted by Gasteiger charge is 2.23. The monoisotopic (exact) mass is 337 g/mol. The van der Waals surface area contributed by atoms with Gasteiger partial charge in [0.05, 0.1) is 11.5 Å². The number of nitro groups is 1. The third-order valence-electron chi connectivity index (χ3n) is 2.69. The first kappa shape index (κ1) is 17.7. The Morgan fingerprint density at radius 2 is 1.90 bits per heavy atom. The predicted molar refractivity (Wildman–Crippen MR) is 77.5 cm³/mol. The average molecular weight is 338 g/mol. The topological polar surface area (TPSA) is 95.7 Å². The molecule has 0 unspecified atom stereocenters. The van der Waals surface area contributed by atoms with Gasteiger partial charge in [0.25, 0.3) is 14.7 Å². The molecule has 0 atom stereocenters. The normalized spacial score (nSPS) is 11.4. The van der Waals surface area contributed by atoms with E-state index in [9.17, 15) is 18.5 Å². The Morgan fingerprint density at radius 3 is 2.43 bits per heavy atom. The maximum Gasteiger partial charge on any atom is 0.271 e. The Kier molecular flexibility index (Phi) is 6.38. The number of halogens is 1. The number of unbranched alkanes of at least 4 members (excludes halogenated alkanes) is 1. The molecule has 1 rings (SSSR count). The van der Waals surface area contributed by atoms with Gasteiger partial charge in [0.15, 0.2) is 0 Å². The lowest BCUT2D eigenvalue weighted by molar-refractivity contribution is -0.385. The summed E-state index contributed by atoms with van der Waals surface area (Å²) in [7, 11) is 2.77. The van der Waals surface area contributed by atoms with Crippen LogP contribution in [0.1, 0.15) is 18.4 Å². The lowest BCUT2D eigenvalue weighted by atomic mass is 10.2. The molecule has 118 valence electrons. The molecular formula is C12H16ClNO6S. The molecule has 0 aliphatic carbocycles. The van der Waals surface area contributed by atoms with E-state index in [2.05, 4.69) is 0 Å². The van der Waals surface area contributed by atoms with Crippen molar-refractivity contribution in [2.45, 2.75) is 24.7 Å². The first-order valence-corrected chi connectivity index (χ1v) is 8.43. The molecule has 1 aromatic carbocycles. The highest BCUT2D eigenvalue weighted by Crippen LogP contribution is 2.34. The fourth-order valence-corrected chi connectivity index (χ4v) is 2.76. The van der Waals surface area contributed by atoms with E-state index >= 15 is 0 Å². The van der Waals surface area contributed by atoms with Crippen molar-refractivity contribution < 1.29 is 22.8 Å². The second kappa shape index (κ2) is 7.58. The van der Waals surface area contributed by atoms with Crippen molar-refractivity contribution in [3.05, 3.63) is 27.8 Å². The minimum Gasteiger partial charge on any atom is -0.492 e. The van der Waals surface area contributed by atoms with Gasteiger partial charge in [-0.15, -0.1) is 0 Å². The molecule has 0 spiro atoms. The Bertz CT molecular complexity index is 616. The van der Waals surface area contributed by atoms with Gasteiger partial charge in [-0.05, 0) is 25.3 Å².